The van der Waals surface area contributed by atoms with Gasteiger partial charge in [-0.05, 0) is 19.4 Å². The zero-order chi connectivity index (χ0) is 7.84. The molecule has 2 aliphatic heterocycles. The molecule has 0 radical (unpaired) electrons. The molecule has 2 N–H and O–H groups in total. The highest BCUT2D eigenvalue weighted by Gasteiger charge is 2.42. The third-order valence-electron chi connectivity index (χ3n) is 3.03. The van der Waals surface area contributed by atoms with Gasteiger partial charge in [-0.2, -0.15) is 0 Å². The van der Waals surface area contributed by atoms with Gasteiger partial charge in [-0.3, -0.25) is 4.90 Å². The summed E-state index contributed by atoms with van der Waals surface area (Å²) >= 11 is 0. The molecule has 0 unspecified atom stereocenters. The molecule has 2 heterocycles. The number of aliphatic hydroxyl groups is 2. The van der Waals surface area contributed by atoms with Crippen LogP contribution in [0.4, 0.5) is 0 Å². The fourth-order valence-corrected chi connectivity index (χ4v) is 2.44. The predicted molar refractivity (Wildman–Crippen MR) is 41.2 cm³/mol. The van der Waals surface area contributed by atoms with Crippen LogP contribution in [0.15, 0.2) is 0 Å². The van der Waals surface area contributed by atoms with Gasteiger partial charge in [0.2, 0.25) is 0 Å². The third kappa shape index (κ3) is 1.08. The van der Waals surface area contributed by atoms with E-state index in [0.717, 1.165) is 25.9 Å². The van der Waals surface area contributed by atoms with E-state index in [-0.39, 0.29) is 18.8 Å². The zero-order valence-electron chi connectivity index (χ0n) is 6.61. The standard InChI is InChI=1S/C8H15NO2/c10-5-6-1-3-9-4-2-7(11)8(6)9/h6-8,10-11H,1-5H2/t6-,7+,8-/m1/s1. The van der Waals surface area contributed by atoms with Crippen LogP contribution in [0.5, 0.6) is 0 Å². The molecule has 0 aliphatic carbocycles. The first kappa shape index (κ1) is 7.53. The molecule has 0 saturated carbocycles. The smallest absolute Gasteiger partial charge is 0.0711 e. The first-order valence-electron chi connectivity index (χ1n) is 4.36. The van der Waals surface area contributed by atoms with Crippen LogP contribution < -0.4 is 0 Å². The molecule has 11 heavy (non-hydrogen) atoms. The number of hydrogen-bond acceptors (Lipinski definition) is 3. The average molecular weight is 157 g/mol. The average Bonchev–Trinajstić information content (AvgIpc) is 2.54. The molecule has 2 aliphatic rings. The molecule has 64 valence electrons. The first-order chi connectivity index (χ1) is 5.33. The Labute approximate surface area is 66.6 Å². The summed E-state index contributed by atoms with van der Waals surface area (Å²) in [5.41, 5.74) is 0. The van der Waals surface area contributed by atoms with E-state index in [9.17, 15) is 5.11 Å². The van der Waals surface area contributed by atoms with Crippen molar-refractivity contribution >= 4 is 0 Å². The Morgan fingerprint density at radius 1 is 1.27 bits per heavy atom. The van der Waals surface area contributed by atoms with Crippen molar-refractivity contribution in [3.8, 4) is 0 Å². The fourth-order valence-electron chi connectivity index (χ4n) is 2.44. The Morgan fingerprint density at radius 3 is 2.73 bits per heavy atom. The second-order valence-corrected chi connectivity index (χ2v) is 3.61. The zero-order valence-corrected chi connectivity index (χ0v) is 6.61. The number of aliphatic hydroxyl groups excluding tert-OH is 2. The molecule has 3 heteroatoms. The van der Waals surface area contributed by atoms with Crippen LogP contribution in [-0.2, 0) is 0 Å². The Kier molecular flexibility index (Phi) is 1.87. The third-order valence-corrected chi connectivity index (χ3v) is 3.03. The normalized spacial score (nSPS) is 44.7. The molecule has 0 aromatic carbocycles. The van der Waals surface area contributed by atoms with Gasteiger partial charge in [0, 0.05) is 25.1 Å². The lowest BCUT2D eigenvalue weighted by Gasteiger charge is -2.21. The topological polar surface area (TPSA) is 43.7 Å². The van der Waals surface area contributed by atoms with Gasteiger partial charge in [-0.15, -0.1) is 0 Å². The summed E-state index contributed by atoms with van der Waals surface area (Å²) in [5.74, 6) is 0.326. The minimum absolute atomic E-state index is 0.186. The number of fused-ring (bicyclic) bond motifs is 1. The van der Waals surface area contributed by atoms with Gasteiger partial charge in [0.1, 0.15) is 0 Å². The Hall–Kier alpha value is -0.120. The molecule has 2 rings (SSSR count). The van der Waals surface area contributed by atoms with E-state index in [4.69, 9.17) is 5.11 Å². The fraction of sp³-hybridized carbons (Fsp3) is 1.00. The number of hydrogen-bond donors (Lipinski definition) is 2. The summed E-state index contributed by atoms with van der Waals surface area (Å²) in [5, 5.41) is 18.5. The van der Waals surface area contributed by atoms with E-state index in [2.05, 4.69) is 4.90 Å². The SMILES string of the molecule is OC[C@H]1CCN2CC[C@H](O)[C@@H]12. The van der Waals surface area contributed by atoms with Crippen LogP contribution in [-0.4, -0.2) is 47.0 Å². The number of nitrogens with zero attached hydrogens (tertiary/aromatic N) is 1. The summed E-state index contributed by atoms with van der Waals surface area (Å²) in [6.07, 6.45) is 1.76. The van der Waals surface area contributed by atoms with Crippen molar-refractivity contribution in [3.63, 3.8) is 0 Å². The van der Waals surface area contributed by atoms with Crippen molar-refractivity contribution in [2.24, 2.45) is 5.92 Å². The molecular weight excluding hydrogens is 142 g/mol. The van der Waals surface area contributed by atoms with Gasteiger partial charge in [-0.25, -0.2) is 0 Å². The van der Waals surface area contributed by atoms with Gasteiger partial charge in [-0.1, -0.05) is 0 Å². The van der Waals surface area contributed by atoms with Crippen molar-refractivity contribution in [1.82, 2.24) is 4.90 Å². The number of rotatable bonds is 1. The minimum Gasteiger partial charge on any atom is -0.396 e. The van der Waals surface area contributed by atoms with E-state index >= 15 is 0 Å². The summed E-state index contributed by atoms with van der Waals surface area (Å²) < 4.78 is 0. The second-order valence-electron chi connectivity index (χ2n) is 3.61. The summed E-state index contributed by atoms with van der Waals surface area (Å²) in [4.78, 5) is 2.30. The van der Waals surface area contributed by atoms with Crippen LogP contribution in [0.1, 0.15) is 12.8 Å². The van der Waals surface area contributed by atoms with Crippen molar-refractivity contribution < 1.29 is 10.2 Å². The van der Waals surface area contributed by atoms with E-state index in [1.165, 1.54) is 0 Å². The van der Waals surface area contributed by atoms with E-state index in [1.807, 2.05) is 0 Å². The molecule has 3 nitrogen and oxygen atoms in total. The molecular formula is C8H15NO2. The van der Waals surface area contributed by atoms with Crippen LogP contribution in [0.2, 0.25) is 0 Å². The molecule has 0 spiro atoms. The lowest BCUT2D eigenvalue weighted by atomic mass is 9.97. The highest BCUT2D eigenvalue weighted by Crippen LogP contribution is 2.32. The van der Waals surface area contributed by atoms with Crippen LogP contribution in [0, 0.1) is 5.92 Å². The molecule has 0 amide bonds. The van der Waals surface area contributed by atoms with Gasteiger partial charge in [0.15, 0.2) is 0 Å². The molecule has 2 saturated heterocycles. The van der Waals surface area contributed by atoms with Gasteiger partial charge >= 0.3 is 0 Å². The largest absolute Gasteiger partial charge is 0.396 e. The van der Waals surface area contributed by atoms with Crippen LogP contribution >= 0.6 is 0 Å². The van der Waals surface area contributed by atoms with Crippen molar-refractivity contribution in [2.75, 3.05) is 19.7 Å². The molecule has 0 aromatic heterocycles. The van der Waals surface area contributed by atoms with E-state index < -0.39 is 0 Å². The Balaban J connectivity index is 2.07. The summed E-state index contributed by atoms with van der Waals surface area (Å²) in [6.45, 7) is 2.31. The molecule has 0 aromatic rings. The molecule has 3 atom stereocenters. The highest BCUT2D eigenvalue weighted by molar-refractivity contribution is 4.96. The molecule has 2 fully saturated rings. The molecule has 0 bridgehead atoms. The monoisotopic (exact) mass is 157 g/mol. The van der Waals surface area contributed by atoms with Crippen molar-refractivity contribution in [2.45, 2.75) is 25.0 Å². The lowest BCUT2D eigenvalue weighted by Crippen LogP contribution is -2.35. The second kappa shape index (κ2) is 2.73. The quantitative estimate of drug-likeness (QED) is 0.536. The summed E-state index contributed by atoms with van der Waals surface area (Å²) in [7, 11) is 0. The maximum absolute atomic E-state index is 9.55. The van der Waals surface area contributed by atoms with Gasteiger partial charge in [0.25, 0.3) is 0 Å². The van der Waals surface area contributed by atoms with Gasteiger partial charge < -0.3 is 10.2 Å². The maximum atomic E-state index is 9.55. The Bertz CT molecular complexity index is 151. The minimum atomic E-state index is -0.186. The van der Waals surface area contributed by atoms with Crippen molar-refractivity contribution in [1.29, 1.82) is 0 Å². The van der Waals surface area contributed by atoms with Gasteiger partial charge in [0.05, 0.1) is 6.10 Å². The maximum Gasteiger partial charge on any atom is 0.0711 e. The first-order valence-corrected chi connectivity index (χ1v) is 4.36. The van der Waals surface area contributed by atoms with Crippen molar-refractivity contribution in [3.05, 3.63) is 0 Å². The van der Waals surface area contributed by atoms with Crippen LogP contribution in [0.25, 0.3) is 0 Å². The predicted octanol–water partition coefficient (Wildman–Crippen LogP) is -0.566. The summed E-state index contributed by atoms with van der Waals surface area (Å²) in [6, 6.07) is 0.264. The highest BCUT2D eigenvalue weighted by atomic mass is 16.3. The Morgan fingerprint density at radius 2 is 2.00 bits per heavy atom. The lowest BCUT2D eigenvalue weighted by molar-refractivity contribution is 0.0902. The van der Waals surface area contributed by atoms with E-state index in [0.29, 0.717) is 5.92 Å². The van der Waals surface area contributed by atoms with Crippen LogP contribution in [0.3, 0.4) is 0 Å². The van der Waals surface area contributed by atoms with E-state index in [1.54, 1.807) is 0 Å².